The molecule has 5 heteroatoms. The van der Waals surface area contributed by atoms with Crippen LogP contribution in [0.5, 0.6) is 0 Å². The minimum atomic E-state index is -0.508. The minimum Gasteiger partial charge on any atom is -0.389 e. The lowest BCUT2D eigenvalue weighted by Gasteiger charge is -2.15. The number of ether oxygens (including phenoxy) is 1. The highest BCUT2D eigenvalue weighted by atomic mass is 16.5. The van der Waals surface area contributed by atoms with Crippen LogP contribution in [0, 0.1) is 0 Å². The first-order chi connectivity index (χ1) is 8.81. The summed E-state index contributed by atoms with van der Waals surface area (Å²) in [5, 5.41) is 12.8. The molecule has 2 rings (SSSR count). The van der Waals surface area contributed by atoms with Gasteiger partial charge in [-0.25, -0.2) is 9.97 Å². The van der Waals surface area contributed by atoms with Crippen LogP contribution < -0.4 is 5.32 Å². The molecule has 1 aliphatic carbocycles. The summed E-state index contributed by atoms with van der Waals surface area (Å²) in [7, 11) is 1.58. The zero-order chi connectivity index (χ0) is 12.8. The largest absolute Gasteiger partial charge is 0.389 e. The van der Waals surface area contributed by atoms with Crippen molar-refractivity contribution in [2.75, 3.05) is 25.6 Å². The fourth-order valence-electron chi connectivity index (χ4n) is 2.32. The van der Waals surface area contributed by atoms with Gasteiger partial charge >= 0.3 is 0 Å². The zero-order valence-electron chi connectivity index (χ0n) is 10.9. The number of rotatable bonds is 5. The molecule has 1 unspecified atom stereocenters. The Kier molecular flexibility index (Phi) is 4.90. The molecule has 1 heterocycles. The highest BCUT2D eigenvalue weighted by Gasteiger charge is 2.14. The molecule has 1 aliphatic rings. The van der Waals surface area contributed by atoms with E-state index in [-0.39, 0.29) is 0 Å². The number of nitrogens with one attached hydrogen (secondary N) is 1. The van der Waals surface area contributed by atoms with Gasteiger partial charge < -0.3 is 15.2 Å². The van der Waals surface area contributed by atoms with E-state index in [1.54, 1.807) is 13.4 Å². The van der Waals surface area contributed by atoms with Gasteiger partial charge in [-0.3, -0.25) is 0 Å². The third-order valence-corrected chi connectivity index (χ3v) is 3.24. The van der Waals surface area contributed by atoms with Crippen LogP contribution in [0.3, 0.4) is 0 Å². The third-order valence-electron chi connectivity index (χ3n) is 3.24. The molecule has 0 amide bonds. The zero-order valence-corrected chi connectivity index (χ0v) is 10.9. The first kappa shape index (κ1) is 13.2. The van der Waals surface area contributed by atoms with Gasteiger partial charge in [0.05, 0.1) is 12.7 Å². The van der Waals surface area contributed by atoms with Crippen molar-refractivity contribution in [3.05, 3.63) is 17.6 Å². The highest BCUT2D eigenvalue weighted by molar-refractivity contribution is 5.46. The van der Waals surface area contributed by atoms with Gasteiger partial charge in [-0.1, -0.05) is 6.42 Å². The maximum atomic E-state index is 9.64. The van der Waals surface area contributed by atoms with E-state index in [1.807, 2.05) is 0 Å². The monoisotopic (exact) mass is 251 g/mol. The first-order valence-corrected chi connectivity index (χ1v) is 6.55. The molecule has 0 radical (unpaired) electrons. The number of aromatic nitrogens is 2. The van der Waals surface area contributed by atoms with Crippen LogP contribution in [-0.2, 0) is 17.6 Å². The van der Waals surface area contributed by atoms with Crippen molar-refractivity contribution in [2.45, 2.75) is 38.2 Å². The molecule has 0 fully saturated rings. The summed E-state index contributed by atoms with van der Waals surface area (Å²) in [6, 6.07) is 0. The lowest BCUT2D eigenvalue weighted by Crippen LogP contribution is -2.25. The summed E-state index contributed by atoms with van der Waals surface area (Å²) < 4.78 is 4.90. The van der Waals surface area contributed by atoms with E-state index in [4.69, 9.17) is 4.74 Å². The molecule has 100 valence electrons. The van der Waals surface area contributed by atoms with Crippen molar-refractivity contribution < 1.29 is 9.84 Å². The second-order valence-electron chi connectivity index (χ2n) is 4.70. The number of fused-ring (bicyclic) bond motifs is 1. The summed E-state index contributed by atoms with van der Waals surface area (Å²) >= 11 is 0. The highest BCUT2D eigenvalue weighted by Crippen LogP contribution is 2.23. The molecule has 0 aromatic carbocycles. The maximum Gasteiger partial charge on any atom is 0.132 e. The second-order valence-corrected chi connectivity index (χ2v) is 4.70. The van der Waals surface area contributed by atoms with Crippen LogP contribution in [0.2, 0.25) is 0 Å². The molecule has 0 saturated heterocycles. The average Bonchev–Trinajstić information content (AvgIpc) is 2.62. The van der Waals surface area contributed by atoms with Crippen molar-refractivity contribution >= 4 is 5.82 Å². The summed E-state index contributed by atoms with van der Waals surface area (Å²) in [6.07, 6.45) is 6.81. The Morgan fingerprint density at radius 2 is 2.17 bits per heavy atom. The summed E-state index contributed by atoms with van der Waals surface area (Å²) in [5.74, 6) is 0.872. The molecule has 0 saturated carbocycles. The predicted octanol–water partition coefficient (Wildman–Crippen LogP) is 1.16. The number of nitrogens with zero attached hydrogens (tertiary/aromatic N) is 2. The van der Waals surface area contributed by atoms with E-state index in [2.05, 4.69) is 15.3 Å². The fourth-order valence-corrected chi connectivity index (χ4v) is 2.32. The fraction of sp³-hybridized carbons (Fsp3) is 0.692. The standard InChI is InChI=1S/C13H21N3O2/c1-18-8-10(17)7-14-13-11-5-3-2-4-6-12(11)15-9-16-13/h9-10,17H,2-8H2,1H3,(H,14,15,16). The lowest BCUT2D eigenvalue weighted by atomic mass is 10.1. The lowest BCUT2D eigenvalue weighted by molar-refractivity contribution is 0.0727. The van der Waals surface area contributed by atoms with Gasteiger partial charge in [0.1, 0.15) is 12.1 Å². The molecule has 1 aromatic heterocycles. The van der Waals surface area contributed by atoms with Gasteiger partial charge in [0.2, 0.25) is 0 Å². The number of hydrogen-bond donors (Lipinski definition) is 2. The Labute approximate surface area is 108 Å². The van der Waals surface area contributed by atoms with Crippen LogP contribution in [0.1, 0.15) is 30.5 Å². The van der Waals surface area contributed by atoms with E-state index in [9.17, 15) is 5.11 Å². The normalized spacial score (nSPS) is 16.8. The van der Waals surface area contributed by atoms with E-state index < -0.39 is 6.10 Å². The van der Waals surface area contributed by atoms with Crippen LogP contribution >= 0.6 is 0 Å². The van der Waals surface area contributed by atoms with Gasteiger partial charge in [0, 0.05) is 24.9 Å². The molecule has 0 bridgehead atoms. The first-order valence-electron chi connectivity index (χ1n) is 6.55. The summed E-state index contributed by atoms with van der Waals surface area (Å²) in [6.45, 7) is 0.789. The van der Waals surface area contributed by atoms with Crippen molar-refractivity contribution in [1.29, 1.82) is 0 Å². The van der Waals surface area contributed by atoms with E-state index in [0.717, 1.165) is 24.4 Å². The average molecular weight is 251 g/mol. The van der Waals surface area contributed by atoms with Crippen molar-refractivity contribution in [3.8, 4) is 0 Å². The molecular weight excluding hydrogens is 230 g/mol. The number of hydrogen-bond acceptors (Lipinski definition) is 5. The smallest absolute Gasteiger partial charge is 0.132 e. The van der Waals surface area contributed by atoms with Crippen LogP contribution in [0.15, 0.2) is 6.33 Å². The molecule has 1 atom stereocenters. The molecule has 2 N–H and O–H groups in total. The molecule has 18 heavy (non-hydrogen) atoms. The van der Waals surface area contributed by atoms with Gasteiger partial charge in [-0.15, -0.1) is 0 Å². The second kappa shape index (κ2) is 6.66. The van der Waals surface area contributed by atoms with Crippen molar-refractivity contribution in [1.82, 2.24) is 9.97 Å². The van der Waals surface area contributed by atoms with Gasteiger partial charge in [0.15, 0.2) is 0 Å². The van der Waals surface area contributed by atoms with Crippen LogP contribution in [0.25, 0.3) is 0 Å². The van der Waals surface area contributed by atoms with Gasteiger partial charge in [-0.05, 0) is 25.7 Å². The van der Waals surface area contributed by atoms with Crippen molar-refractivity contribution in [3.63, 3.8) is 0 Å². The molecular formula is C13H21N3O2. The Balaban J connectivity index is 2.04. The minimum absolute atomic E-state index is 0.334. The van der Waals surface area contributed by atoms with Gasteiger partial charge in [0.25, 0.3) is 0 Å². The SMILES string of the molecule is COCC(O)CNc1ncnc2c1CCCCC2. The van der Waals surface area contributed by atoms with E-state index in [0.29, 0.717) is 13.2 Å². The van der Waals surface area contributed by atoms with E-state index >= 15 is 0 Å². The molecule has 0 aliphatic heterocycles. The van der Waals surface area contributed by atoms with Crippen LogP contribution in [0.4, 0.5) is 5.82 Å². The molecule has 5 nitrogen and oxygen atoms in total. The predicted molar refractivity (Wildman–Crippen MR) is 69.7 cm³/mol. The van der Waals surface area contributed by atoms with Crippen molar-refractivity contribution in [2.24, 2.45) is 0 Å². The van der Waals surface area contributed by atoms with Crippen LogP contribution in [-0.4, -0.2) is 41.4 Å². The summed E-state index contributed by atoms with van der Waals surface area (Å²) in [5.41, 5.74) is 2.38. The Morgan fingerprint density at radius 1 is 1.33 bits per heavy atom. The van der Waals surface area contributed by atoms with E-state index in [1.165, 1.54) is 24.8 Å². The third kappa shape index (κ3) is 3.40. The molecule has 0 spiro atoms. The molecule has 1 aromatic rings. The quantitative estimate of drug-likeness (QED) is 0.769. The maximum absolute atomic E-state index is 9.64. The Bertz CT molecular complexity index is 384. The number of aliphatic hydroxyl groups excluding tert-OH is 1. The Hall–Kier alpha value is -1.20. The Morgan fingerprint density at radius 3 is 3.00 bits per heavy atom. The number of aryl methyl sites for hydroxylation is 1. The van der Waals surface area contributed by atoms with Gasteiger partial charge in [-0.2, -0.15) is 0 Å². The topological polar surface area (TPSA) is 67.3 Å². The number of methoxy groups -OCH3 is 1. The number of anilines is 1. The number of aliphatic hydroxyl groups is 1. The summed E-state index contributed by atoms with van der Waals surface area (Å²) in [4.78, 5) is 8.66.